The molecule has 0 aliphatic rings. The standard InChI is InChI=1S/C20H23NO4S/c1-13-11-14(2)16(4)20(15(13)3)26(22,23)21-12-17(18-7-5-9-24-18)19-8-6-10-25-19/h5-11,17,21H,12H2,1-4H3. The third-order valence-electron chi connectivity index (χ3n) is 4.82. The van der Waals surface area contributed by atoms with Crippen LogP contribution in [-0.2, 0) is 10.0 Å². The summed E-state index contributed by atoms with van der Waals surface area (Å²) < 4.78 is 39.8. The van der Waals surface area contributed by atoms with Crippen LogP contribution in [0.25, 0.3) is 0 Å². The van der Waals surface area contributed by atoms with Gasteiger partial charge in [-0.2, -0.15) is 0 Å². The van der Waals surface area contributed by atoms with Gasteiger partial charge in [-0.3, -0.25) is 0 Å². The Morgan fingerprint density at radius 1 is 0.923 bits per heavy atom. The van der Waals surface area contributed by atoms with Gasteiger partial charge in [0.15, 0.2) is 0 Å². The first-order valence-corrected chi connectivity index (χ1v) is 9.93. The molecule has 0 atom stereocenters. The van der Waals surface area contributed by atoms with E-state index in [1.165, 1.54) is 0 Å². The molecule has 0 saturated carbocycles. The average molecular weight is 373 g/mol. The van der Waals surface area contributed by atoms with Crippen molar-refractivity contribution in [3.05, 3.63) is 76.6 Å². The molecule has 6 heteroatoms. The molecule has 0 radical (unpaired) electrons. The molecule has 0 unspecified atom stereocenters. The summed E-state index contributed by atoms with van der Waals surface area (Å²) in [4.78, 5) is 0.354. The topological polar surface area (TPSA) is 72.5 Å². The van der Waals surface area contributed by atoms with Crippen LogP contribution in [0.1, 0.15) is 39.7 Å². The highest BCUT2D eigenvalue weighted by Crippen LogP contribution is 2.28. The summed E-state index contributed by atoms with van der Waals surface area (Å²) in [6.07, 6.45) is 3.13. The zero-order valence-corrected chi connectivity index (χ0v) is 16.2. The van der Waals surface area contributed by atoms with Crippen molar-refractivity contribution in [2.45, 2.75) is 38.5 Å². The predicted molar refractivity (Wildman–Crippen MR) is 99.8 cm³/mol. The summed E-state index contributed by atoms with van der Waals surface area (Å²) in [5.74, 6) is 0.967. The molecule has 0 fully saturated rings. The molecule has 0 amide bonds. The lowest BCUT2D eigenvalue weighted by molar-refractivity contribution is 0.424. The van der Waals surface area contributed by atoms with E-state index in [-0.39, 0.29) is 12.5 Å². The Hall–Kier alpha value is -2.31. The van der Waals surface area contributed by atoms with Crippen LogP contribution in [0.15, 0.2) is 56.6 Å². The van der Waals surface area contributed by atoms with Crippen molar-refractivity contribution in [3.63, 3.8) is 0 Å². The van der Waals surface area contributed by atoms with Crippen LogP contribution in [-0.4, -0.2) is 15.0 Å². The highest BCUT2D eigenvalue weighted by molar-refractivity contribution is 7.89. The first kappa shape index (κ1) is 18.5. The van der Waals surface area contributed by atoms with Crippen molar-refractivity contribution in [2.24, 2.45) is 0 Å². The maximum atomic E-state index is 13.0. The van der Waals surface area contributed by atoms with Gasteiger partial charge in [0, 0.05) is 6.54 Å². The van der Waals surface area contributed by atoms with E-state index in [4.69, 9.17) is 8.83 Å². The Kier molecular flexibility index (Phi) is 5.07. The molecular weight excluding hydrogens is 350 g/mol. The van der Waals surface area contributed by atoms with E-state index >= 15 is 0 Å². The number of benzene rings is 1. The largest absolute Gasteiger partial charge is 0.469 e. The lowest BCUT2D eigenvalue weighted by atomic mass is 10.0. The highest BCUT2D eigenvalue weighted by Gasteiger charge is 2.26. The number of rotatable bonds is 6. The Bertz CT molecular complexity index is 927. The molecular formula is C20H23NO4S. The molecule has 0 saturated heterocycles. The quantitative estimate of drug-likeness (QED) is 0.702. The molecule has 26 heavy (non-hydrogen) atoms. The van der Waals surface area contributed by atoms with Crippen LogP contribution in [0.5, 0.6) is 0 Å². The number of hydrogen-bond donors (Lipinski definition) is 1. The summed E-state index contributed by atoms with van der Waals surface area (Å²) >= 11 is 0. The van der Waals surface area contributed by atoms with E-state index in [1.807, 2.05) is 45.9 Å². The number of aryl methyl sites for hydroxylation is 2. The SMILES string of the molecule is Cc1cc(C)c(C)c(S(=O)(=O)NCC(c2ccco2)c2ccco2)c1C. The summed E-state index contributed by atoms with van der Waals surface area (Å²) in [6, 6.07) is 9.19. The van der Waals surface area contributed by atoms with Crippen molar-refractivity contribution in [1.29, 1.82) is 0 Å². The molecule has 2 aromatic heterocycles. The fourth-order valence-electron chi connectivity index (χ4n) is 3.17. The summed E-state index contributed by atoms with van der Waals surface area (Å²) in [5, 5.41) is 0. The number of sulfonamides is 1. The van der Waals surface area contributed by atoms with Gasteiger partial charge in [0.1, 0.15) is 11.5 Å². The van der Waals surface area contributed by atoms with Crippen LogP contribution in [0.3, 0.4) is 0 Å². The zero-order valence-electron chi connectivity index (χ0n) is 15.4. The molecule has 0 aliphatic carbocycles. The van der Waals surface area contributed by atoms with E-state index in [1.54, 1.807) is 24.7 Å². The third kappa shape index (κ3) is 3.48. The summed E-state index contributed by atoms with van der Waals surface area (Å²) in [6.45, 7) is 7.68. The van der Waals surface area contributed by atoms with Crippen LogP contribution in [0, 0.1) is 27.7 Å². The number of hydrogen-bond acceptors (Lipinski definition) is 4. The van der Waals surface area contributed by atoms with E-state index in [9.17, 15) is 8.42 Å². The Balaban J connectivity index is 1.93. The summed E-state index contributed by atoms with van der Waals surface area (Å²) in [7, 11) is -3.68. The van der Waals surface area contributed by atoms with Crippen molar-refractivity contribution in [1.82, 2.24) is 4.72 Å². The van der Waals surface area contributed by atoms with Gasteiger partial charge >= 0.3 is 0 Å². The molecule has 3 rings (SSSR count). The Morgan fingerprint density at radius 3 is 1.85 bits per heavy atom. The first-order valence-electron chi connectivity index (χ1n) is 8.45. The van der Waals surface area contributed by atoms with Gasteiger partial charge in [-0.05, 0) is 74.2 Å². The fourth-order valence-corrected chi connectivity index (χ4v) is 4.83. The molecule has 138 valence electrons. The normalized spacial score (nSPS) is 12.0. The van der Waals surface area contributed by atoms with Crippen LogP contribution < -0.4 is 4.72 Å². The lowest BCUT2D eigenvalue weighted by Crippen LogP contribution is -2.30. The lowest BCUT2D eigenvalue weighted by Gasteiger charge is -2.18. The van der Waals surface area contributed by atoms with Crippen LogP contribution >= 0.6 is 0 Å². The minimum atomic E-state index is -3.68. The van der Waals surface area contributed by atoms with Gasteiger partial charge in [-0.1, -0.05) is 6.07 Å². The fraction of sp³-hybridized carbons (Fsp3) is 0.300. The molecule has 5 nitrogen and oxygen atoms in total. The second-order valence-corrected chi connectivity index (χ2v) is 8.23. The van der Waals surface area contributed by atoms with Crippen molar-refractivity contribution >= 4 is 10.0 Å². The van der Waals surface area contributed by atoms with Gasteiger partial charge < -0.3 is 8.83 Å². The van der Waals surface area contributed by atoms with Gasteiger partial charge in [-0.15, -0.1) is 0 Å². The van der Waals surface area contributed by atoms with Gasteiger partial charge in [0.05, 0.1) is 23.3 Å². The van der Waals surface area contributed by atoms with E-state index in [0.717, 1.165) is 22.3 Å². The third-order valence-corrected chi connectivity index (χ3v) is 6.51. The van der Waals surface area contributed by atoms with Crippen molar-refractivity contribution in [2.75, 3.05) is 6.54 Å². The Morgan fingerprint density at radius 2 is 1.42 bits per heavy atom. The van der Waals surface area contributed by atoms with E-state index < -0.39 is 10.0 Å². The Labute approximate surface area is 154 Å². The monoisotopic (exact) mass is 373 g/mol. The van der Waals surface area contributed by atoms with Gasteiger partial charge in [-0.25, -0.2) is 13.1 Å². The van der Waals surface area contributed by atoms with Gasteiger partial charge in [0.25, 0.3) is 0 Å². The molecule has 3 aromatic rings. The molecule has 0 aliphatic heterocycles. The summed E-state index contributed by atoms with van der Waals surface area (Å²) in [5.41, 5.74) is 3.46. The highest BCUT2D eigenvalue weighted by atomic mass is 32.2. The molecule has 0 bridgehead atoms. The zero-order chi connectivity index (χ0) is 18.9. The average Bonchev–Trinajstić information content (AvgIpc) is 3.27. The van der Waals surface area contributed by atoms with Crippen molar-refractivity contribution in [3.8, 4) is 0 Å². The first-order chi connectivity index (χ1) is 12.3. The van der Waals surface area contributed by atoms with E-state index in [2.05, 4.69) is 4.72 Å². The second kappa shape index (κ2) is 7.13. The minimum Gasteiger partial charge on any atom is -0.469 e. The molecule has 1 aromatic carbocycles. The minimum absolute atomic E-state index is 0.148. The molecule has 0 spiro atoms. The second-order valence-electron chi connectivity index (χ2n) is 6.52. The maximum absolute atomic E-state index is 13.0. The van der Waals surface area contributed by atoms with Crippen molar-refractivity contribution < 1.29 is 17.3 Å². The smallest absolute Gasteiger partial charge is 0.241 e. The predicted octanol–water partition coefficient (Wildman–Crippen LogP) is 4.22. The van der Waals surface area contributed by atoms with Crippen LogP contribution in [0.4, 0.5) is 0 Å². The van der Waals surface area contributed by atoms with Gasteiger partial charge in [0.2, 0.25) is 10.0 Å². The van der Waals surface area contributed by atoms with Crippen LogP contribution in [0.2, 0.25) is 0 Å². The van der Waals surface area contributed by atoms with E-state index in [0.29, 0.717) is 16.4 Å². The molecule has 2 heterocycles. The number of furan rings is 2. The maximum Gasteiger partial charge on any atom is 0.241 e. The molecule has 1 N–H and O–H groups in total. The number of nitrogens with one attached hydrogen (secondary N) is 1.